The van der Waals surface area contributed by atoms with Crippen LogP contribution in [-0.4, -0.2) is 10.5 Å². The highest BCUT2D eigenvalue weighted by atomic mass is 32.2. The molecule has 1 aromatic heterocycles. The van der Waals surface area contributed by atoms with E-state index in [2.05, 4.69) is 10.8 Å². The van der Waals surface area contributed by atoms with Crippen molar-refractivity contribution in [2.75, 3.05) is 6.26 Å². The molecule has 1 heterocycles. The van der Waals surface area contributed by atoms with Crippen molar-refractivity contribution in [3.05, 3.63) is 29.0 Å². The van der Waals surface area contributed by atoms with Crippen molar-refractivity contribution in [3.8, 4) is 0 Å². The number of thiophene rings is 1. The molecular formula is C9H8OS2. The van der Waals surface area contributed by atoms with Crippen molar-refractivity contribution in [2.24, 2.45) is 0 Å². The summed E-state index contributed by atoms with van der Waals surface area (Å²) in [7, 11) is -0.864. The second-order valence-corrected chi connectivity index (χ2v) is 4.74. The highest BCUT2D eigenvalue weighted by Crippen LogP contribution is 2.21. The first kappa shape index (κ1) is 7.95. The van der Waals surface area contributed by atoms with Crippen molar-refractivity contribution in [1.82, 2.24) is 0 Å². The second kappa shape index (κ2) is 2.99. The van der Waals surface area contributed by atoms with Gasteiger partial charge in [0.15, 0.2) is 0 Å². The van der Waals surface area contributed by atoms with E-state index in [4.69, 9.17) is 0 Å². The number of rotatable bonds is 1. The van der Waals surface area contributed by atoms with Crippen LogP contribution in [0.1, 0.15) is 0 Å². The Labute approximate surface area is 77.5 Å². The number of hydrogen-bond acceptors (Lipinski definition) is 2. The second-order valence-electron chi connectivity index (χ2n) is 2.62. The molecule has 0 bridgehead atoms. The average molecular weight is 196 g/mol. The zero-order valence-electron chi connectivity index (χ0n) is 6.61. The third kappa shape index (κ3) is 1.30. The largest absolute Gasteiger partial charge is 0.255 e. The fourth-order valence-electron chi connectivity index (χ4n) is 1.12. The molecule has 0 fully saturated rings. The Morgan fingerprint density at radius 3 is 2.75 bits per heavy atom. The van der Waals surface area contributed by atoms with E-state index < -0.39 is 10.8 Å². The van der Waals surface area contributed by atoms with Crippen LogP contribution in [0.25, 0.3) is 10.8 Å². The summed E-state index contributed by atoms with van der Waals surface area (Å²) in [5.41, 5.74) is 0. The average Bonchev–Trinajstić information content (AvgIpc) is 2.49. The molecule has 0 radical (unpaired) electrons. The fraction of sp³-hybridized carbons (Fsp3) is 0.111. The first-order chi connectivity index (χ1) is 5.77. The van der Waals surface area contributed by atoms with Crippen LogP contribution in [-0.2, 0) is 10.8 Å². The molecule has 0 saturated heterocycles. The summed E-state index contributed by atoms with van der Waals surface area (Å²) in [5.74, 6) is 0. The molecule has 0 aliphatic carbocycles. The molecule has 0 amide bonds. The summed E-state index contributed by atoms with van der Waals surface area (Å²) in [6.45, 7) is 0. The molecule has 0 N–H and O–H groups in total. The Kier molecular flexibility index (Phi) is 1.98. The van der Waals surface area contributed by atoms with Gasteiger partial charge in [-0.15, -0.1) is 0 Å². The maximum atomic E-state index is 11.1. The number of fused-ring (bicyclic) bond motifs is 1. The van der Waals surface area contributed by atoms with Gasteiger partial charge in [0.25, 0.3) is 0 Å². The molecule has 1 aromatic carbocycles. The quantitative estimate of drug-likeness (QED) is 0.685. The Hall–Kier alpha value is -0.670. The minimum absolute atomic E-state index is 0.864. The SMILES string of the molecule is CS(=O)c1ccc2cscc2c1. The van der Waals surface area contributed by atoms with Gasteiger partial charge in [-0.3, -0.25) is 4.21 Å². The smallest absolute Gasteiger partial charge is 0.0498 e. The van der Waals surface area contributed by atoms with E-state index in [-0.39, 0.29) is 0 Å². The maximum Gasteiger partial charge on any atom is 0.0498 e. The summed E-state index contributed by atoms with van der Waals surface area (Å²) in [4.78, 5) is 0.904. The molecule has 1 unspecified atom stereocenters. The summed E-state index contributed by atoms with van der Waals surface area (Å²) in [6.07, 6.45) is 1.70. The lowest BCUT2D eigenvalue weighted by Gasteiger charge is -1.95. The molecule has 2 rings (SSSR count). The predicted molar refractivity (Wildman–Crippen MR) is 54.2 cm³/mol. The lowest BCUT2D eigenvalue weighted by Crippen LogP contribution is -1.85. The normalized spacial score (nSPS) is 13.4. The predicted octanol–water partition coefficient (Wildman–Crippen LogP) is 2.64. The van der Waals surface area contributed by atoms with Crippen molar-refractivity contribution in [2.45, 2.75) is 4.90 Å². The van der Waals surface area contributed by atoms with Gasteiger partial charge < -0.3 is 0 Å². The Balaban J connectivity index is 2.68. The van der Waals surface area contributed by atoms with Gasteiger partial charge in [-0.25, -0.2) is 0 Å². The minimum atomic E-state index is -0.864. The molecule has 12 heavy (non-hydrogen) atoms. The van der Waals surface area contributed by atoms with E-state index in [0.29, 0.717) is 0 Å². The van der Waals surface area contributed by atoms with Crippen molar-refractivity contribution >= 4 is 32.9 Å². The van der Waals surface area contributed by atoms with Gasteiger partial charge in [0, 0.05) is 22.0 Å². The van der Waals surface area contributed by atoms with Crippen LogP contribution in [0.3, 0.4) is 0 Å². The molecule has 3 heteroatoms. The summed E-state index contributed by atoms with van der Waals surface area (Å²) < 4.78 is 11.1. The Morgan fingerprint density at radius 2 is 2.00 bits per heavy atom. The van der Waals surface area contributed by atoms with Gasteiger partial charge in [0.05, 0.1) is 0 Å². The van der Waals surface area contributed by atoms with Crippen molar-refractivity contribution in [1.29, 1.82) is 0 Å². The van der Waals surface area contributed by atoms with Gasteiger partial charge in [-0.05, 0) is 33.7 Å². The van der Waals surface area contributed by atoms with Gasteiger partial charge in [0.1, 0.15) is 0 Å². The summed E-state index contributed by atoms with van der Waals surface area (Å²) >= 11 is 1.67. The molecule has 0 aliphatic rings. The van der Waals surface area contributed by atoms with E-state index in [1.54, 1.807) is 17.6 Å². The van der Waals surface area contributed by atoms with E-state index in [1.807, 2.05) is 18.2 Å². The molecule has 2 aromatic rings. The summed E-state index contributed by atoms with van der Waals surface area (Å²) in [5, 5.41) is 6.59. The van der Waals surface area contributed by atoms with Gasteiger partial charge in [-0.1, -0.05) is 6.07 Å². The molecule has 1 nitrogen and oxygen atoms in total. The molecular weight excluding hydrogens is 188 g/mol. The van der Waals surface area contributed by atoms with Crippen LogP contribution in [0.15, 0.2) is 33.9 Å². The molecule has 62 valence electrons. The molecule has 0 saturated carbocycles. The fourth-order valence-corrected chi connectivity index (χ4v) is 2.45. The van der Waals surface area contributed by atoms with E-state index >= 15 is 0 Å². The highest BCUT2D eigenvalue weighted by Gasteiger charge is 1.99. The maximum absolute atomic E-state index is 11.1. The first-order valence-electron chi connectivity index (χ1n) is 3.57. The Bertz CT molecular complexity index is 431. The molecule has 0 spiro atoms. The summed E-state index contributed by atoms with van der Waals surface area (Å²) in [6, 6.07) is 5.93. The zero-order chi connectivity index (χ0) is 8.55. The highest BCUT2D eigenvalue weighted by molar-refractivity contribution is 7.84. The van der Waals surface area contributed by atoms with Crippen LogP contribution in [0.2, 0.25) is 0 Å². The number of benzene rings is 1. The van der Waals surface area contributed by atoms with Crippen molar-refractivity contribution in [3.63, 3.8) is 0 Å². The van der Waals surface area contributed by atoms with E-state index in [0.717, 1.165) is 4.90 Å². The monoisotopic (exact) mass is 196 g/mol. The zero-order valence-corrected chi connectivity index (χ0v) is 8.24. The topological polar surface area (TPSA) is 17.1 Å². The van der Waals surface area contributed by atoms with Crippen LogP contribution in [0.4, 0.5) is 0 Å². The van der Waals surface area contributed by atoms with Crippen LogP contribution >= 0.6 is 11.3 Å². The van der Waals surface area contributed by atoms with Crippen molar-refractivity contribution < 1.29 is 4.21 Å². The van der Waals surface area contributed by atoms with E-state index in [1.165, 1.54) is 10.8 Å². The number of hydrogen-bond donors (Lipinski definition) is 0. The standard InChI is InChI=1S/C9H8OS2/c1-12(10)9-3-2-7-5-11-6-8(7)4-9/h2-6H,1H3. The van der Waals surface area contributed by atoms with Gasteiger partial charge in [0.2, 0.25) is 0 Å². The lowest BCUT2D eigenvalue weighted by atomic mass is 10.2. The third-order valence-electron chi connectivity index (χ3n) is 1.78. The third-order valence-corrected chi connectivity index (χ3v) is 3.48. The van der Waals surface area contributed by atoms with Crippen LogP contribution in [0.5, 0.6) is 0 Å². The van der Waals surface area contributed by atoms with Gasteiger partial charge in [-0.2, -0.15) is 11.3 Å². The molecule has 0 aliphatic heterocycles. The van der Waals surface area contributed by atoms with Gasteiger partial charge >= 0.3 is 0 Å². The van der Waals surface area contributed by atoms with Crippen LogP contribution < -0.4 is 0 Å². The molecule has 1 atom stereocenters. The first-order valence-corrected chi connectivity index (χ1v) is 6.07. The minimum Gasteiger partial charge on any atom is -0.255 e. The lowest BCUT2D eigenvalue weighted by molar-refractivity contribution is 0.687. The Morgan fingerprint density at radius 1 is 1.25 bits per heavy atom. The van der Waals surface area contributed by atoms with Crippen LogP contribution in [0, 0.1) is 0 Å². The van der Waals surface area contributed by atoms with E-state index in [9.17, 15) is 4.21 Å².